The van der Waals surface area contributed by atoms with Gasteiger partial charge in [-0.3, -0.25) is 0 Å². The summed E-state index contributed by atoms with van der Waals surface area (Å²) in [6.07, 6.45) is 1.68. The molecule has 4 N–H and O–H groups in total. The van der Waals surface area contributed by atoms with Gasteiger partial charge in [-0.15, -0.1) is 0 Å². The number of nitrogens with two attached hydrogens (primary N) is 2. The van der Waals surface area contributed by atoms with E-state index >= 15 is 0 Å². The van der Waals surface area contributed by atoms with Crippen LogP contribution in [0, 0.1) is 0 Å². The summed E-state index contributed by atoms with van der Waals surface area (Å²) >= 11 is 0. The molecule has 2 aromatic rings. The minimum absolute atomic E-state index is 0.234. The quantitative estimate of drug-likeness (QED) is 0.789. The number of hydrogen-bond donors (Lipinski definition) is 2. The van der Waals surface area contributed by atoms with Crippen molar-refractivity contribution in [2.45, 2.75) is 12.8 Å². The molecule has 0 atom stereocenters. The molecule has 0 bridgehead atoms. The zero-order valence-electron chi connectivity index (χ0n) is 10.1. The third-order valence-electron chi connectivity index (χ3n) is 3.26. The van der Waals surface area contributed by atoms with Gasteiger partial charge in [0.1, 0.15) is 11.6 Å². The normalized spacial score (nSPS) is 12.7. The molecule has 0 fully saturated rings. The second-order valence-corrected chi connectivity index (χ2v) is 4.28. The maximum atomic E-state index is 5.98. The van der Waals surface area contributed by atoms with Gasteiger partial charge in [-0.1, -0.05) is 12.1 Å². The van der Waals surface area contributed by atoms with Crippen molar-refractivity contribution >= 4 is 11.8 Å². The number of fused-ring (bicyclic) bond motifs is 3. The Morgan fingerprint density at radius 3 is 2.78 bits per heavy atom. The molecule has 1 aliphatic carbocycles. The number of ether oxygens (including phenoxy) is 1. The first-order chi connectivity index (χ1) is 8.70. The average Bonchev–Trinajstić information content (AvgIpc) is 2.36. The molecule has 0 unspecified atom stereocenters. The van der Waals surface area contributed by atoms with Gasteiger partial charge in [-0.25, -0.2) is 4.98 Å². The van der Waals surface area contributed by atoms with Crippen molar-refractivity contribution in [1.29, 1.82) is 0 Å². The lowest BCUT2D eigenvalue weighted by atomic mass is 9.88. The fourth-order valence-corrected chi connectivity index (χ4v) is 2.51. The number of rotatable bonds is 1. The molecule has 0 spiro atoms. The van der Waals surface area contributed by atoms with Gasteiger partial charge in [0, 0.05) is 11.1 Å². The number of hydrogen-bond acceptors (Lipinski definition) is 5. The Balaban J connectivity index is 2.29. The van der Waals surface area contributed by atoms with Crippen molar-refractivity contribution < 1.29 is 4.74 Å². The van der Waals surface area contributed by atoms with Gasteiger partial charge in [0.15, 0.2) is 0 Å². The summed E-state index contributed by atoms with van der Waals surface area (Å²) in [5, 5.41) is 0. The maximum absolute atomic E-state index is 5.98. The second-order valence-electron chi connectivity index (χ2n) is 4.28. The van der Waals surface area contributed by atoms with Crippen LogP contribution < -0.4 is 16.2 Å². The first kappa shape index (κ1) is 10.8. The van der Waals surface area contributed by atoms with E-state index in [0.717, 1.165) is 41.0 Å². The summed E-state index contributed by atoms with van der Waals surface area (Å²) in [5.41, 5.74) is 15.6. The number of nitrogens with zero attached hydrogens (tertiary/aromatic N) is 2. The first-order valence-electron chi connectivity index (χ1n) is 5.79. The lowest BCUT2D eigenvalue weighted by molar-refractivity contribution is 0.409. The van der Waals surface area contributed by atoms with E-state index in [4.69, 9.17) is 16.2 Å². The molecule has 3 rings (SSSR count). The van der Waals surface area contributed by atoms with Gasteiger partial charge in [0.2, 0.25) is 5.95 Å². The highest BCUT2D eigenvalue weighted by atomic mass is 16.5. The molecule has 0 aliphatic heterocycles. The summed E-state index contributed by atoms with van der Waals surface area (Å²) in [7, 11) is 1.67. The Kier molecular flexibility index (Phi) is 2.33. The molecule has 0 saturated heterocycles. The van der Waals surface area contributed by atoms with Crippen LogP contribution >= 0.6 is 0 Å². The van der Waals surface area contributed by atoms with Crippen molar-refractivity contribution in [1.82, 2.24) is 9.97 Å². The lowest BCUT2D eigenvalue weighted by Gasteiger charge is -2.22. The number of aromatic nitrogens is 2. The summed E-state index contributed by atoms with van der Waals surface area (Å²) in [6.45, 7) is 0. The molecule has 5 nitrogen and oxygen atoms in total. The molecule has 1 aromatic heterocycles. The number of benzene rings is 1. The van der Waals surface area contributed by atoms with Gasteiger partial charge in [-0.05, 0) is 24.5 Å². The van der Waals surface area contributed by atoms with Crippen LogP contribution in [0.4, 0.5) is 11.8 Å². The number of aryl methyl sites for hydroxylation is 1. The zero-order chi connectivity index (χ0) is 12.7. The van der Waals surface area contributed by atoms with Crippen LogP contribution in [0.1, 0.15) is 11.3 Å². The van der Waals surface area contributed by atoms with Crippen LogP contribution in [0.3, 0.4) is 0 Å². The maximum Gasteiger partial charge on any atom is 0.222 e. The third kappa shape index (κ3) is 1.48. The second kappa shape index (κ2) is 3.87. The summed E-state index contributed by atoms with van der Waals surface area (Å²) < 4.78 is 5.38. The van der Waals surface area contributed by atoms with E-state index in [1.165, 1.54) is 0 Å². The molecule has 92 valence electrons. The highest BCUT2D eigenvalue weighted by Gasteiger charge is 2.23. The minimum atomic E-state index is 0.234. The fraction of sp³-hybridized carbons (Fsp3) is 0.231. The van der Waals surface area contributed by atoms with Crippen LogP contribution in [0.15, 0.2) is 18.2 Å². The SMILES string of the molecule is COc1cccc2c1CCc1nc(N)nc(N)c1-2. The zero-order valence-corrected chi connectivity index (χ0v) is 10.1. The van der Waals surface area contributed by atoms with Crippen LogP contribution in [-0.2, 0) is 12.8 Å². The van der Waals surface area contributed by atoms with E-state index in [1.54, 1.807) is 7.11 Å². The van der Waals surface area contributed by atoms with Gasteiger partial charge >= 0.3 is 0 Å². The fourth-order valence-electron chi connectivity index (χ4n) is 2.51. The molecule has 1 heterocycles. The monoisotopic (exact) mass is 242 g/mol. The molecule has 1 aliphatic rings. The Hall–Kier alpha value is -2.30. The number of methoxy groups -OCH3 is 1. The predicted octanol–water partition coefficient (Wildman–Crippen LogP) is 1.42. The van der Waals surface area contributed by atoms with Gasteiger partial charge < -0.3 is 16.2 Å². The largest absolute Gasteiger partial charge is 0.496 e. The van der Waals surface area contributed by atoms with E-state index in [2.05, 4.69) is 9.97 Å². The average molecular weight is 242 g/mol. The van der Waals surface area contributed by atoms with Crippen molar-refractivity contribution in [3.63, 3.8) is 0 Å². The summed E-state index contributed by atoms with van der Waals surface area (Å²) in [6, 6.07) is 5.92. The smallest absolute Gasteiger partial charge is 0.222 e. The number of anilines is 2. The summed E-state index contributed by atoms with van der Waals surface area (Å²) in [4.78, 5) is 8.32. The lowest BCUT2D eigenvalue weighted by Crippen LogP contribution is -2.13. The minimum Gasteiger partial charge on any atom is -0.496 e. The van der Waals surface area contributed by atoms with E-state index in [0.29, 0.717) is 5.82 Å². The molecular formula is C13H14N4O. The van der Waals surface area contributed by atoms with Crippen molar-refractivity contribution in [3.8, 4) is 16.9 Å². The first-order valence-corrected chi connectivity index (χ1v) is 5.79. The Morgan fingerprint density at radius 1 is 1.17 bits per heavy atom. The predicted molar refractivity (Wildman–Crippen MR) is 70.3 cm³/mol. The standard InChI is InChI=1S/C13H14N4O/c1-18-10-4-2-3-8-7(10)5-6-9-11(8)12(14)17-13(15)16-9/h2-4H,5-6H2,1H3,(H4,14,15,16,17). The van der Waals surface area contributed by atoms with E-state index in [9.17, 15) is 0 Å². The number of nitrogen functional groups attached to an aromatic ring is 2. The molecule has 0 amide bonds. The van der Waals surface area contributed by atoms with E-state index < -0.39 is 0 Å². The van der Waals surface area contributed by atoms with E-state index in [1.807, 2.05) is 18.2 Å². The molecule has 1 aromatic carbocycles. The molecule has 0 radical (unpaired) electrons. The van der Waals surface area contributed by atoms with Crippen molar-refractivity contribution in [3.05, 3.63) is 29.5 Å². The molecular weight excluding hydrogens is 228 g/mol. The van der Waals surface area contributed by atoms with Crippen LogP contribution in [0.25, 0.3) is 11.1 Å². The van der Waals surface area contributed by atoms with Crippen LogP contribution in [0.5, 0.6) is 5.75 Å². The van der Waals surface area contributed by atoms with Crippen LogP contribution in [-0.4, -0.2) is 17.1 Å². The Labute approximate surface area is 105 Å². The van der Waals surface area contributed by atoms with E-state index in [-0.39, 0.29) is 5.95 Å². The Bertz CT molecular complexity index is 625. The van der Waals surface area contributed by atoms with Gasteiger partial charge in [0.25, 0.3) is 0 Å². The van der Waals surface area contributed by atoms with Gasteiger partial charge in [-0.2, -0.15) is 4.98 Å². The molecule has 0 saturated carbocycles. The van der Waals surface area contributed by atoms with Crippen molar-refractivity contribution in [2.24, 2.45) is 0 Å². The summed E-state index contributed by atoms with van der Waals surface area (Å²) in [5.74, 6) is 1.55. The highest BCUT2D eigenvalue weighted by Crippen LogP contribution is 2.39. The topological polar surface area (TPSA) is 87.0 Å². The van der Waals surface area contributed by atoms with Crippen molar-refractivity contribution in [2.75, 3.05) is 18.6 Å². The van der Waals surface area contributed by atoms with Crippen LogP contribution in [0.2, 0.25) is 0 Å². The Morgan fingerprint density at radius 2 is 2.00 bits per heavy atom. The molecule has 18 heavy (non-hydrogen) atoms. The third-order valence-corrected chi connectivity index (χ3v) is 3.26. The van der Waals surface area contributed by atoms with Gasteiger partial charge in [0.05, 0.1) is 12.8 Å². The highest BCUT2D eigenvalue weighted by molar-refractivity contribution is 5.82. The molecule has 5 heteroatoms.